The van der Waals surface area contributed by atoms with E-state index in [2.05, 4.69) is 4.98 Å². The average Bonchev–Trinajstić information content (AvgIpc) is 2.78. The fourth-order valence-electron chi connectivity index (χ4n) is 2.37. The largest absolute Gasteiger partial charge is 0.291 e. The van der Waals surface area contributed by atoms with Gasteiger partial charge >= 0.3 is 0 Å². The maximum atomic E-state index is 14.2. The molecule has 0 aliphatic rings. The lowest BCUT2D eigenvalue weighted by Crippen LogP contribution is -2.03. The van der Waals surface area contributed by atoms with Gasteiger partial charge < -0.3 is 0 Å². The van der Waals surface area contributed by atoms with E-state index in [0.29, 0.717) is 16.9 Å². The third-order valence-electron chi connectivity index (χ3n) is 3.28. The minimum Gasteiger partial charge on any atom is -0.291 e. The maximum absolute atomic E-state index is 14.2. The lowest BCUT2D eigenvalue weighted by atomic mass is 10.2. The van der Waals surface area contributed by atoms with E-state index in [-0.39, 0.29) is 16.6 Å². The second-order valence-corrected chi connectivity index (χ2v) is 5.33. The standard InChI is InChI=1S/C15H10Cl2F2N2/c1-8-3-2-4-12-14(8)20-13(7-16)21(12)15-10(17)5-9(18)6-11(15)19/h2-6H,7H2,1H3. The van der Waals surface area contributed by atoms with E-state index in [1.807, 2.05) is 19.1 Å². The van der Waals surface area contributed by atoms with Gasteiger partial charge in [0.05, 0.1) is 21.9 Å². The Hall–Kier alpha value is -1.65. The maximum Gasteiger partial charge on any atom is 0.151 e. The van der Waals surface area contributed by atoms with Crippen LogP contribution in [0.15, 0.2) is 30.3 Å². The van der Waals surface area contributed by atoms with Crippen molar-refractivity contribution in [3.8, 4) is 5.69 Å². The van der Waals surface area contributed by atoms with E-state index in [4.69, 9.17) is 23.2 Å². The van der Waals surface area contributed by atoms with E-state index in [1.54, 1.807) is 6.07 Å². The summed E-state index contributed by atoms with van der Waals surface area (Å²) in [6.07, 6.45) is 0. The first-order valence-electron chi connectivity index (χ1n) is 6.20. The number of fused-ring (bicyclic) bond motifs is 1. The highest BCUT2D eigenvalue weighted by Gasteiger charge is 2.19. The molecule has 0 aliphatic carbocycles. The molecule has 21 heavy (non-hydrogen) atoms. The zero-order chi connectivity index (χ0) is 15.1. The van der Waals surface area contributed by atoms with Crippen molar-refractivity contribution in [2.45, 2.75) is 12.8 Å². The molecule has 3 rings (SSSR count). The smallest absolute Gasteiger partial charge is 0.151 e. The van der Waals surface area contributed by atoms with E-state index in [9.17, 15) is 8.78 Å². The Balaban J connectivity index is 2.42. The Kier molecular flexibility index (Phi) is 3.59. The van der Waals surface area contributed by atoms with Crippen LogP contribution in [-0.4, -0.2) is 9.55 Å². The second kappa shape index (κ2) is 5.28. The molecule has 0 unspecified atom stereocenters. The normalized spacial score (nSPS) is 11.3. The average molecular weight is 327 g/mol. The number of imidazole rings is 1. The third-order valence-corrected chi connectivity index (χ3v) is 3.81. The van der Waals surface area contributed by atoms with Gasteiger partial charge in [-0.3, -0.25) is 4.57 Å². The number of alkyl halides is 1. The van der Waals surface area contributed by atoms with Gasteiger partial charge in [0.15, 0.2) is 5.82 Å². The first kappa shape index (κ1) is 14.3. The van der Waals surface area contributed by atoms with Crippen LogP contribution in [0, 0.1) is 18.6 Å². The molecule has 0 N–H and O–H groups in total. The molecule has 0 saturated carbocycles. The number of para-hydroxylation sites is 1. The molecule has 3 aromatic rings. The van der Waals surface area contributed by atoms with Crippen molar-refractivity contribution in [1.82, 2.24) is 9.55 Å². The van der Waals surface area contributed by atoms with Gasteiger partial charge in [0.2, 0.25) is 0 Å². The number of hydrogen-bond acceptors (Lipinski definition) is 1. The molecule has 0 aliphatic heterocycles. The van der Waals surface area contributed by atoms with Crippen LogP contribution >= 0.6 is 23.2 Å². The van der Waals surface area contributed by atoms with Gasteiger partial charge in [-0.2, -0.15) is 0 Å². The quantitative estimate of drug-likeness (QED) is 0.605. The fraction of sp³-hybridized carbons (Fsp3) is 0.133. The highest BCUT2D eigenvalue weighted by atomic mass is 35.5. The monoisotopic (exact) mass is 326 g/mol. The lowest BCUT2D eigenvalue weighted by molar-refractivity contribution is 0.578. The lowest BCUT2D eigenvalue weighted by Gasteiger charge is -2.11. The summed E-state index contributed by atoms with van der Waals surface area (Å²) in [4.78, 5) is 4.42. The van der Waals surface area contributed by atoms with Crippen LogP contribution in [0.5, 0.6) is 0 Å². The van der Waals surface area contributed by atoms with Crippen molar-refractivity contribution >= 4 is 34.2 Å². The van der Waals surface area contributed by atoms with E-state index in [1.165, 1.54) is 4.57 Å². The number of nitrogens with zero attached hydrogens (tertiary/aromatic N) is 2. The predicted molar refractivity (Wildman–Crippen MR) is 80.3 cm³/mol. The molecular formula is C15H10Cl2F2N2. The zero-order valence-corrected chi connectivity index (χ0v) is 12.5. The zero-order valence-electron chi connectivity index (χ0n) is 11.0. The van der Waals surface area contributed by atoms with Crippen molar-refractivity contribution in [2.24, 2.45) is 0 Å². The number of halogens is 4. The van der Waals surface area contributed by atoms with E-state index >= 15 is 0 Å². The highest BCUT2D eigenvalue weighted by molar-refractivity contribution is 6.32. The number of benzene rings is 2. The van der Waals surface area contributed by atoms with Crippen molar-refractivity contribution in [3.63, 3.8) is 0 Å². The first-order chi connectivity index (χ1) is 10.0. The molecule has 2 aromatic carbocycles. The van der Waals surface area contributed by atoms with Gasteiger partial charge in [-0.05, 0) is 24.6 Å². The topological polar surface area (TPSA) is 17.8 Å². The number of aryl methyl sites for hydroxylation is 1. The molecule has 0 spiro atoms. The minimum absolute atomic E-state index is 0.0281. The van der Waals surface area contributed by atoms with Crippen LogP contribution in [0.3, 0.4) is 0 Å². The molecule has 0 radical (unpaired) electrons. The van der Waals surface area contributed by atoms with Crippen molar-refractivity contribution in [1.29, 1.82) is 0 Å². The summed E-state index contributed by atoms with van der Waals surface area (Å²) in [5.74, 6) is -0.948. The highest BCUT2D eigenvalue weighted by Crippen LogP contribution is 2.31. The van der Waals surface area contributed by atoms with Gasteiger partial charge in [0.25, 0.3) is 0 Å². The molecule has 0 fully saturated rings. The summed E-state index contributed by atoms with van der Waals surface area (Å²) < 4.78 is 29.0. The molecule has 2 nitrogen and oxygen atoms in total. The van der Waals surface area contributed by atoms with Gasteiger partial charge in [-0.1, -0.05) is 23.7 Å². The Morgan fingerprint density at radius 1 is 1.24 bits per heavy atom. The summed E-state index contributed by atoms with van der Waals surface area (Å²) in [6.45, 7) is 1.90. The molecule has 0 bridgehead atoms. The summed E-state index contributed by atoms with van der Waals surface area (Å²) in [5, 5.41) is -0.0281. The molecular weight excluding hydrogens is 317 g/mol. The summed E-state index contributed by atoms with van der Waals surface area (Å²) in [5.41, 5.74) is 2.39. The van der Waals surface area contributed by atoms with Crippen molar-refractivity contribution in [2.75, 3.05) is 0 Å². The summed E-state index contributed by atoms with van der Waals surface area (Å²) in [6, 6.07) is 7.40. The van der Waals surface area contributed by atoms with Gasteiger partial charge in [0.1, 0.15) is 17.3 Å². The van der Waals surface area contributed by atoms with Crippen LogP contribution in [0.1, 0.15) is 11.4 Å². The molecule has 0 saturated heterocycles. The fourth-order valence-corrected chi connectivity index (χ4v) is 2.83. The van der Waals surface area contributed by atoms with Crippen molar-refractivity contribution < 1.29 is 8.78 Å². The van der Waals surface area contributed by atoms with Crippen LogP contribution in [-0.2, 0) is 5.88 Å². The van der Waals surface area contributed by atoms with Crippen LogP contribution in [0.25, 0.3) is 16.7 Å². The Morgan fingerprint density at radius 3 is 2.67 bits per heavy atom. The molecule has 108 valence electrons. The molecule has 1 aromatic heterocycles. The van der Waals surface area contributed by atoms with Gasteiger partial charge in [0, 0.05) is 6.07 Å². The van der Waals surface area contributed by atoms with Crippen LogP contribution in [0.2, 0.25) is 5.02 Å². The first-order valence-corrected chi connectivity index (χ1v) is 7.12. The number of hydrogen-bond donors (Lipinski definition) is 0. The second-order valence-electron chi connectivity index (χ2n) is 4.66. The molecule has 6 heteroatoms. The van der Waals surface area contributed by atoms with Crippen LogP contribution < -0.4 is 0 Å². The molecule has 0 amide bonds. The predicted octanol–water partition coefficient (Wildman–Crippen LogP) is 5.00. The Bertz CT molecular complexity index is 820. The number of aromatic nitrogens is 2. The van der Waals surface area contributed by atoms with E-state index < -0.39 is 11.6 Å². The Morgan fingerprint density at radius 2 is 2.00 bits per heavy atom. The van der Waals surface area contributed by atoms with Crippen molar-refractivity contribution in [3.05, 3.63) is 58.4 Å². The minimum atomic E-state index is -0.757. The molecule has 0 atom stereocenters. The van der Waals surface area contributed by atoms with Gasteiger partial charge in [-0.25, -0.2) is 13.8 Å². The number of rotatable bonds is 2. The van der Waals surface area contributed by atoms with E-state index in [0.717, 1.165) is 17.7 Å². The van der Waals surface area contributed by atoms with Crippen LogP contribution in [0.4, 0.5) is 8.78 Å². The SMILES string of the molecule is Cc1cccc2c1nc(CCl)n2-c1c(F)cc(F)cc1Cl. The third kappa shape index (κ3) is 2.28. The van der Waals surface area contributed by atoms with Gasteiger partial charge in [-0.15, -0.1) is 11.6 Å². The molecule has 1 heterocycles. The summed E-state index contributed by atoms with van der Waals surface area (Å²) >= 11 is 11.9. The summed E-state index contributed by atoms with van der Waals surface area (Å²) in [7, 11) is 0. The Labute approximate surface area is 129 Å².